The van der Waals surface area contributed by atoms with Crippen molar-refractivity contribution in [3.63, 3.8) is 0 Å². The van der Waals surface area contributed by atoms with Crippen LogP contribution in [0.3, 0.4) is 0 Å². The summed E-state index contributed by atoms with van der Waals surface area (Å²) in [7, 11) is -3.80. The van der Waals surface area contributed by atoms with Gasteiger partial charge in [0.25, 0.3) is 0 Å². The van der Waals surface area contributed by atoms with Crippen molar-refractivity contribution in [3.05, 3.63) is 0 Å². The molecule has 0 fully saturated rings. The van der Waals surface area contributed by atoms with Crippen LogP contribution in [0.4, 0.5) is 0 Å². The zero-order chi connectivity index (χ0) is 14.6. The van der Waals surface area contributed by atoms with Gasteiger partial charge in [-0.2, -0.15) is 0 Å². The van der Waals surface area contributed by atoms with Gasteiger partial charge in [0.15, 0.2) is 0 Å². The van der Waals surface area contributed by atoms with Crippen LogP contribution in [-0.4, -0.2) is 41.9 Å². The van der Waals surface area contributed by atoms with E-state index >= 15 is 0 Å². The topological polar surface area (TPSA) is 76.0 Å². The van der Waals surface area contributed by atoms with E-state index in [4.69, 9.17) is 19.3 Å². The predicted molar refractivity (Wildman–Crippen MR) is 76.5 cm³/mol. The Morgan fingerprint density at radius 3 is 2.21 bits per heavy atom. The van der Waals surface area contributed by atoms with Gasteiger partial charge in [-0.3, -0.25) is 4.57 Å². The van der Waals surface area contributed by atoms with Gasteiger partial charge in [0, 0.05) is 19.4 Å². The van der Waals surface area contributed by atoms with Crippen LogP contribution in [0.2, 0.25) is 0 Å². The lowest BCUT2D eigenvalue weighted by Gasteiger charge is -2.16. The minimum Gasteiger partial charge on any atom is -0.379 e. The van der Waals surface area contributed by atoms with Gasteiger partial charge in [-0.25, -0.2) is 0 Å². The van der Waals surface area contributed by atoms with E-state index in [1.54, 1.807) is 0 Å². The molecule has 0 aromatic rings. The summed E-state index contributed by atoms with van der Waals surface area (Å²) in [5.74, 6) is 0. The summed E-state index contributed by atoms with van der Waals surface area (Å²) in [6.45, 7) is 6.04. The Morgan fingerprint density at radius 1 is 1.00 bits per heavy atom. The number of ether oxygens (including phenoxy) is 2. The zero-order valence-corrected chi connectivity index (χ0v) is 13.1. The number of rotatable bonds is 13. The van der Waals surface area contributed by atoms with Crippen molar-refractivity contribution in [2.75, 3.05) is 26.0 Å². The van der Waals surface area contributed by atoms with E-state index in [0.29, 0.717) is 26.2 Å². The van der Waals surface area contributed by atoms with Gasteiger partial charge in [-0.1, -0.05) is 25.7 Å². The fourth-order valence-electron chi connectivity index (χ4n) is 1.92. The molecule has 0 amide bonds. The molecule has 0 aromatic heterocycles. The molecule has 5 nitrogen and oxygen atoms in total. The van der Waals surface area contributed by atoms with Gasteiger partial charge < -0.3 is 19.3 Å². The van der Waals surface area contributed by atoms with Crippen molar-refractivity contribution in [2.45, 2.75) is 58.5 Å². The molecule has 0 spiro atoms. The highest BCUT2D eigenvalue weighted by molar-refractivity contribution is 7.51. The molecular weight excluding hydrogens is 267 g/mol. The molecule has 0 aromatic carbocycles. The lowest BCUT2D eigenvalue weighted by molar-refractivity contribution is -0.0135. The summed E-state index contributed by atoms with van der Waals surface area (Å²) >= 11 is 0. The van der Waals surface area contributed by atoms with Gasteiger partial charge in [0.05, 0.1) is 12.7 Å². The highest BCUT2D eigenvalue weighted by atomic mass is 31.2. The van der Waals surface area contributed by atoms with Gasteiger partial charge in [-0.15, -0.1) is 0 Å². The molecule has 0 heterocycles. The van der Waals surface area contributed by atoms with Gasteiger partial charge >= 0.3 is 7.60 Å². The van der Waals surface area contributed by atoms with E-state index in [-0.39, 0.29) is 12.3 Å². The molecule has 0 aliphatic carbocycles. The second-order valence-corrected chi connectivity index (χ2v) is 6.46. The summed E-state index contributed by atoms with van der Waals surface area (Å²) in [6.07, 6.45) is 5.86. The molecule has 19 heavy (non-hydrogen) atoms. The third-order valence-electron chi connectivity index (χ3n) is 2.89. The van der Waals surface area contributed by atoms with Gasteiger partial charge in [0.2, 0.25) is 0 Å². The fourth-order valence-corrected chi connectivity index (χ4v) is 2.56. The second kappa shape index (κ2) is 11.9. The summed E-state index contributed by atoms with van der Waals surface area (Å²) < 4.78 is 21.6. The maximum absolute atomic E-state index is 10.6. The Hall–Kier alpha value is 0.0700. The molecule has 0 bridgehead atoms. The first-order valence-electron chi connectivity index (χ1n) is 7.23. The second-order valence-electron chi connectivity index (χ2n) is 4.68. The number of hydrogen-bond acceptors (Lipinski definition) is 3. The Bertz CT molecular complexity index is 241. The predicted octanol–water partition coefficient (Wildman–Crippen LogP) is 2.95. The molecule has 0 aliphatic rings. The molecule has 116 valence electrons. The maximum Gasteiger partial charge on any atom is 0.325 e. The van der Waals surface area contributed by atoms with E-state index in [9.17, 15) is 4.57 Å². The normalized spacial score (nSPS) is 13.7. The van der Waals surface area contributed by atoms with E-state index in [0.717, 1.165) is 32.1 Å². The third-order valence-corrected chi connectivity index (χ3v) is 3.78. The fraction of sp³-hybridized carbons (Fsp3) is 1.00. The van der Waals surface area contributed by atoms with Crippen molar-refractivity contribution in [2.24, 2.45) is 0 Å². The van der Waals surface area contributed by atoms with Crippen LogP contribution in [-0.2, 0) is 14.0 Å². The van der Waals surface area contributed by atoms with Crippen molar-refractivity contribution in [1.29, 1.82) is 0 Å². The Morgan fingerprint density at radius 2 is 1.63 bits per heavy atom. The van der Waals surface area contributed by atoms with Crippen LogP contribution < -0.4 is 0 Å². The summed E-state index contributed by atoms with van der Waals surface area (Å²) in [4.78, 5) is 17.4. The van der Waals surface area contributed by atoms with Gasteiger partial charge in [0.1, 0.15) is 0 Å². The molecule has 0 aliphatic heterocycles. The smallest absolute Gasteiger partial charge is 0.325 e. The average Bonchev–Trinajstić information content (AvgIpc) is 2.33. The molecule has 0 rings (SSSR count). The molecule has 0 radical (unpaired) electrons. The van der Waals surface area contributed by atoms with Crippen LogP contribution in [0.5, 0.6) is 0 Å². The first-order chi connectivity index (χ1) is 8.99. The van der Waals surface area contributed by atoms with Crippen LogP contribution in [0.1, 0.15) is 52.4 Å². The van der Waals surface area contributed by atoms with E-state index in [1.165, 1.54) is 0 Å². The maximum atomic E-state index is 10.6. The summed E-state index contributed by atoms with van der Waals surface area (Å²) in [5, 5.41) is 0. The van der Waals surface area contributed by atoms with Crippen molar-refractivity contribution < 1.29 is 23.8 Å². The molecule has 1 atom stereocenters. The average molecular weight is 296 g/mol. The molecule has 0 saturated heterocycles. The van der Waals surface area contributed by atoms with E-state index in [2.05, 4.69) is 0 Å². The SMILES string of the molecule is CCOCC(CCCCCCCP(=O)(O)O)OCC. The minimum absolute atomic E-state index is 0.0128. The van der Waals surface area contributed by atoms with E-state index in [1.807, 2.05) is 13.8 Å². The molecular formula is C13H29O5P. The Kier molecular flexibility index (Phi) is 11.9. The first kappa shape index (κ1) is 19.1. The van der Waals surface area contributed by atoms with Crippen LogP contribution in [0.25, 0.3) is 0 Å². The van der Waals surface area contributed by atoms with Crippen LogP contribution in [0.15, 0.2) is 0 Å². The van der Waals surface area contributed by atoms with E-state index < -0.39 is 7.60 Å². The number of unbranched alkanes of at least 4 members (excludes halogenated alkanes) is 4. The number of hydrogen-bond donors (Lipinski definition) is 2. The lowest BCUT2D eigenvalue weighted by Crippen LogP contribution is -2.20. The van der Waals surface area contributed by atoms with Crippen molar-refractivity contribution >= 4 is 7.60 Å². The highest BCUT2D eigenvalue weighted by Crippen LogP contribution is 2.35. The van der Waals surface area contributed by atoms with Crippen LogP contribution in [0, 0.1) is 0 Å². The third kappa shape index (κ3) is 14.3. The van der Waals surface area contributed by atoms with Crippen LogP contribution >= 0.6 is 7.60 Å². The minimum atomic E-state index is -3.80. The summed E-state index contributed by atoms with van der Waals surface area (Å²) in [5.41, 5.74) is 0. The Labute approximate surface area is 116 Å². The standard InChI is InChI=1S/C13H29O5P/c1-3-17-12-13(18-4-2)10-8-6-5-7-9-11-19(14,15)16/h13H,3-12H2,1-2H3,(H2,14,15,16). The van der Waals surface area contributed by atoms with Gasteiger partial charge in [-0.05, 0) is 26.7 Å². The Balaban J connectivity index is 3.46. The quantitative estimate of drug-likeness (QED) is 0.404. The molecule has 2 N–H and O–H groups in total. The highest BCUT2D eigenvalue weighted by Gasteiger charge is 2.11. The van der Waals surface area contributed by atoms with Crippen molar-refractivity contribution in [3.8, 4) is 0 Å². The monoisotopic (exact) mass is 296 g/mol. The zero-order valence-electron chi connectivity index (χ0n) is 12.2. The molecule has 6 heteroatoms. The molecule has 0 saturated carbocycles. The lowest BCUT2D eigenvalue weighted by atomic mass is 10.1. The summed E-state index contributed by atoms with van der Waals surface area (Å²) in [6, 6.07) is 0. The van der Waals surface area contributed by atoms with Crippen molar-refractivity contribution in [1.82, 2.24) is 0 Å². The molecule has 1 unspecified atom stereocenters. The largest absolute Gasteiger partial charge is 0.379 e. The first-order valence-corrected chi connectivity index (χ1v) is 9.03.